The minimum absolute atomic E-state index is 0.0496. The van der Waals surface area contributed by atoms with Crippen LogP contribution in [0.15, 0.2) is 41.6 Å². The predicted octanol–water partition coefficient (Wildman–Crippen LogP) is 2.10. The quantitative estimate of drug-likeness (QED) is 0.622. The summed E-state index contributed by atoms with van der Waals surface area (Å²) < 4.78 is 2.26. The first-order chi connectivity index (χ1) is 11.4. The van der Waals surface area contributed by atoms with E-state index < -0.39 is 5.97 Å². The molecule has 1 saturated heterocycles. The summed E-state index contributed by atoms with van der Waals surface area (Å²) in [5.74, 6) is -1.54. The number of aromatic nitrogens is 1. The zero-order valence-electron chi connectivity index (χ0n) is 13.0. The van der Waals surface area contributed by atoms with Crippen molar-refractivity contribution in [2.75, 3.05) is 4.90 Å². The van der Waals surface area contributed by atoms with Gasteiger partial charge in [-0.1, -0.05) is 30.0 Å². The number of anilines is 1. The molecule has 0 N–H and O–H groups in total. The maximum Gasteiger partial charge on any atom is 0.270 e. The van der Waals surface area contributed by atoms with Crippen LogP contribution in [0.25, 0.3) is 6.08 Å². The Morgan fingerprint density at radius 2 is 2.08 bits per heavy atom. The number of hydrogen-bond acceptors (Lipinski definition) is 5. The molecule has 1 fully saturated rings. The van der Waals surface area contributed by atoms with Crippen LogP contribution in [0.2, 0.25) is 0 Å². The van der Waals surface area contributed by atoms with E-state index in [2.05, 4.69) is 0 Å². The number of carbonyl (C=O) groups excluding carboxylic acids is 2. The van der Waals surface area contributed by atoms with Gasteiger partial charge in [0.2, 0.25) is 0 Å². The molecular formula is C17H13N2O3S2-. The molecule has 5 nitrogen and oxygen atoms in total. The molecule has 1 aliphatic heterocycles. The SMILES string of the molecule is Cc1ccc(N2C(=O)/C(=C\c3ccn(C)c3)SC2=S)cc1C(=O)[O-]. The number of aromatic carboxylic acids is 1. The Balaban J connectivity index is 1.97. The smallest absolute Gasteiger partial charge is 0.270 e. The first kappa shape index (κ1) is 16.5. The Hall–Kier alpha value is -2.38. The molecule has 2 aromatic rings. The summed E-state index contributed by atoms with van der Waals surface area (Å²) in [5, 5.41) is 11.2. The number of hydrogen-bond donors (Lipinski definition) is 0. The van der Waals surface area contributed by atoms with Crippen molar-refractivity contribution >= 4 is 51.9 Å². The summed E-state index contributed by atoms with van der Waals surface area (Å²) in [6, 6.07) is 6.63. The van der Waals surface area contributed by atoms with E-state index in [0.717, 1.165) is 5.56 Å². The third kappa shape index (κ3) is 3.00. The molecule has 1 aromatic heterocycles. The molecule has 0 aliphatic carbocycles. The third-order valence-corrected chi connectivity index (χ3v) is 4.95. The lowest BCUT2D eigenvalue weighted by atomic mass is 10.1. The first-order valence-electron chi connectivity index (χ1n) is 7.09. The van der Waals surface area contributed by atoms with Gasteiger partial charge >= 0.3 is 0 Å². The molecule has 1 aliphatic rings. The van der Waals surface area contributed by atoms with E-state index in [1.807, 2.05) is 30.1 Å². The van der Waals surface area contributed by atoms with Crippen molar-refractivity contribution < 1.29 is 14.7 Å². The fourth-order valence-electron chi connectivity index (χ4n) is 2.42. The van der Waals surface area contributed by atoms with Gasteiger partial charge in [0.25, 0.3) is 5.91 Å². The lowest BCUT2D eigenvalue weighted by Gasteiger charge is -2.17. The molecule has 0 saturated carbocycles. The van der Waals surface area contributed by atoms with Crippen molar-refractivity contribution in [1.29, 1.82) is 0 Å². The second kappa shape index (κ2) is 6.26. The predicted molar refractivity (Wildman–Crippen MR) is 96.6 cm³/mol. The van der Waals surface area contributed by atoms with E-state index >= 15 is 0 Å². The number of thioether (sulfide) groups is 1. The summed E-state index contributed by atoms with van der Waals surface area (Å²) >= 11 is 6.49. The van der Waals surface area contributed by atoms with E-state index in [1.165, 1.54) is 22.7 Å². The van der Waals surface area contributed by atoms with Gasteiger partial charge in [-0.05, 0) is 42.3 Å². The molecule has 3 rings (SSSR count). The van der Waals surface area contributed by atoms with Gasteiger partial charge in [-0.3, -0.25) is 9.69 Å². The van der Waals surface area contributed by atoms with Crippen molar-refractivity contribution in [2.24, 2.45) is 7.05 Å². The Morgan fingerprint density at radius 1 is 1.33 bits per heavy atom. The average molecular weight is 357 g/mol. The standard InChI is InChI=1S/C17H14N2O3S2/c1-10-3-4-12(8-13(10)16(21)22)19-15(20)14(24-17(19)23)7-11-5-6-18(2)9-11/h3-9H,1-2H3,(H,21,22)/p-1/b14-7+. The van der Waals surface area contributed by atoms with E-state index in [4.69, 9.17) is 12.2 Å². The lowest BCUT2D eigenvalue weighted by Crippen LogP contribution is -2.29. The van der Waals surface area contributed by atoms with Crippen LogP contribution < -0.4 is 10.0 Å². The molecular weight excluding hydrogens is 344 g/mol. The van der Waals surface area contributed by atoms with Gasteiger partial charge in [-0.25, -0.2) is 0 Å². The van der Waals surface area contributed by atoms with E-state index in [9.17, 15) is 14.7 Å². The number of aryl methyl sites for hydroxylation is 2. The Kier molecular flexibility index (Phi) is 4.29. The summed E-state index contributed by atoms with van der Waals surface area (Å²) in [5.41, 5.74) is 1.95. The zero-order chi connectivity index (χ0) is 17.4. The number of carboxylic acid groups (broad SMARTS) is 1. The normalized spacial score (nSPS) is 16.2. The Labute approximate surface area is 148 Å². The van der Waals surface area contributed by atoms with Crippen LogP contribution >= 0.6 is 24.0 Å². The maximum atomic E-state index is 12.7. The van der Waals surface area contributed by atoms with Crippen LogP contribution in [-0.4, -0.2) is 20.8 Å². The van der Waals surface area contributed by atoms with Gasteiger partial charge in [0.1, 0.15) is 0 Å². The van der Waals surface area contributed by atoms with Crippen molar-refractivity contribution in [3.05, 3.63) is 58.3 Å². The maximum absolute atomic E-state index is 12.7. The molecule has 7 heteroatoms. The second-order valence-corrected chi connectivity index (χ2v) is 7.09. The largest absolute Gasteiger partial charge is 0.545 e. The van der Waals surface area contributed by atoms with Crippen molar-refractivity contribution in [2.45, 2.75) is 6.92 Å². The molecule has 0 atom stereocenters. The van der Waals surface area contributed by atoms with Gasteiger partial charge in [0, 0.05) is 25.0 Å². The summed E-state index contributed by atoms with van der Waals surface area (Å²) in [6.45, 7) is 1.68. The molecule has 0 spiro atoms. The van der Waals surface area contributed by atoms with E-state index in [-0.39, 0.29) is 11.5 Å². The zero-order valence-corrected chi connectivity index (χ0v) is 14.6. The highest BCUT2D eigenvalue weighted by molar-refractivity contribution is 8.27. The Morgan fingerprint density at radius 3 is 2.71 bits per heavy atom. The summed E-state index contributed by atoms with van der Waals surface area (Å²) in [6.07, 6.45) is 5.55. The number of carboxylic acids is 1. The highest BCUT2D eigenvalue weighted by Gasteiger charge is 2.33. The summed E-state index contributed by atoms with van der Waals surface area (Å²) in [4.78, 5) is 25.7. The van der Waals surface area contributed by atoms with Crippen LogP contribution in [0.3, 0.4) is 0 Å². The molecule has 0 radical (unpaired) electrons. The molecule has 2 heterocycles. The highest BCUT2D eigenvalue weighted by Crippen LogP contribution is 2.36. The van der Waals surface area contributed by atoms with Gasteiger partial charge in [-0.15, -0.1) is 0 Å². The second-order valence-electron chi connectivity index (χ2n) is 5.41. The number of nitrogens with zero attached hydrogens (tertiary/aromatic N) is 2. The van der Waals surface area contributed by atoms with Crippen molar-refractivity contribution in [3.8, 4) is 0 Å². The van der Waals surface area contributed by atoms with Crippen LogP contribution in [0.5, 0.6) is 0 Å². The van der Waals surface area contributed by atoms with Gasteiger partial charge < -0.3 is 14.5 Å². The minimum atomic E-state index is -1.28. The molecule has 1 aromatic carbocycles. The van der Waals surface area contributed by atoms with Crippen molar-refractivity contribution in [3.63, 3.8) is 0 Å². The number of thiocarbonyl (C=S) groups is 1. The fraction of sp³-hybridized carbons (Fsp3) is 0.118. The summed E-state index contributed by atoms with van der Waals surface area (Å²) in [7, 11) is 1.90. The lowest BCUT2D eigenvalue weighted by molar-refractivity contribution is -0.255. The van der Waals surface area contributed by atoms with E-state index in [0.29, 0.717) is 20.5 Å². The minimum Gasteiger partial charge on any atom is -0.545 e. The van der Waals surface area contributed by atoms with E-state index in [1.54, 1.807) is 25.1 Å². The first-order valence-corrected chi connectivity index (χ1v) is 8.31. The topological polar surface area (TPSA) is 65.4 Å². The van der Waals surface area contributed by atoms with Crippen molar-refractivity contribution in [1.82, 2.24) is 4.57 Å². The van der Waals surface area contributed by atoms with Gasteiger partial charge in [0.05, 0.1) is 16.6 Å². The highest BCUT2D eigenvalue weighted by atomic mass is 32.2. The van der Waals surface area contributed by atoms with Gasteiger partial charge in [0.15, 0.2) is 4.32 Å². The molecule has 122 valence electrons. The number of carbonyl (C=O) groups is 2. The van der Waals surface area contributed by atoms with Crippen LogP contribution in [0, 0.1) is 6.92 Å². The Bertz CT molecular complexity index is 899. The molecule has 0 bridgehead atoms. The monoisotopic (exact) mass is 357 g/mol. The third-order valence-electron chi connectivity index (χ3n) is 3.65. The molecule has 0 unspecified atom stereocenters. The molecule has 1 amide bonds. The fourth-order valence-corrected chi connectivity index (χ4v) is 3.72. The van der Waals surface area contributed by atoms with Gasteiger partial charge in [-0.2, -0.15) is 0 Å². The van der Waals surface area contributed by atoms with Crippen LogP contribution in [0.4, 0.5) is 5.69 Å². The van der Waals surface area contributed by atoms with Crippen LogP contribution in [-0.2, 0) is 11.8 Å². The molecule has 24 heavy (non-hydrogen) atoms. The number of benzene rings is 1. The average Bonchev–Trinajstić information content (AvgIpc) is 3.04. The number of rotatable bonds is 3. The number of amides is 1. The van der Waals surface area contributed by atoms with Crippen LogP contribution in [0.1, 0.15) is 21.5 Å².